The van der Waals surface area contributed by atoms with E-state index in [1.165, 1.54) is 10.7 Å². The average Bonchev–Trinajstić information content (AvgIpc) is 3.57. The van der Waals surface area contributed by atoms with Crippen molar-refractivity contribution in [3.8, 4) is 11.6 Å². The first-order chi connectivity index (χ1) is 20.9. The average molecular weight is 616 g/mol. The molecule has 2 fully saturated rings. The Bertz CT molecular complexity index is 1470. The summed E-state index contributed by atoms with van der Waals surface area (Å²) in [5.41, 5.74) is 7.47. The van der Waals surface area contributed by atoms with Gasteiger partial charge in [0.25, 0.3) is 0 Å². The number of nitrogens with zero attached hydrogens (tertiary/aromatic N) is 5. The van der Waals surface area contributed by atoms with Crippen LogP contribution in [0.25, 0.3) is 5.69 Å². The smallest absolute Gasteiger partial charge is 0.429 e. The highest BCUT2D eigenvalue weighted by Gasteiger charge is 2.50. The van der Waals surface area contributed by atoms with Crippen molar-refractivity contribution in [3.63, 3.8) is 0 Å². The number of hydrogen-bond acceptors (Lipinski definition) is 8. The molecular formula is C31H40F3N7O3. The van der Waals surface area contributed by atoms with Crippen molar-refractivity contribution < 1.29 is 27.8 Å². The number of nitrogens with one attached hydrogen (secondary N) is 1. The van der Waals surface area contributed by atoms with Gasteiger partial charge in [-0.05, 0) is 74.6 Å². The molecule has 2 aliphatic heterocycles. The van der Waals surface area contributed by atoms with E-state index in [9.17, 15) is 23.1 Å². The number of ether oxygens (including phenoxy) is 1. The summed E-state index contributed by atoms with van der Waals surface area (Å²) in [6.45, 7) is 6.94. The van der Waals surface area contributed by atoms with Crippen LogP contribution < -0.4 is 20.7 Å². The molecule has 0 aliphatic carbocycles. The number of aryl methyl sites for hydroxylation is 2. The van der Waals surface area contributed by atoms with Gasteiger partial charge < -0.3 is 25.8 Å². The molecule has 2 aliphatic rings. The van der Waals surface area contributed by atoms with Gasteiger partial charge in [0.1, 0.15) is 11.9 Å². The molecule has 4 N–H and O–H groups in total. The summed E-state index contributed by atoms with van der Waals surface area (Å²) < 4.78 is 51.4. The summed E-state index contributed by atoms with van der Waals surface area (Å²) in [4.78, 5) is 22.0. The number of carbonyl (C=O) groups is 1. The normalized spacial score (nSPS) is 20.6. The number of aromatic nitrogens is 4. The fraction of sp³-hybridized carbons (Fsp3) is 0.548. The molecule has 1 aromatic carbocycles. The van der Waals surface area contributed by atoms with E-state index in [1.807, 2.05) is 24.8 Å². The Balaban J connectivity index is 1.43. The second kappa shape index (κ2) is 12.6. The van der Waals surface area contributed by atoms with E-state index in [0.29, 0.717) is 50.3 Å². The third kappa shape index (κ3) is 6.62. The van der Waals surface area contributed by atoms with Crippen LogP contribution in [0, 0.1) is 12.3 Å². The van der Waals surface area contributed by atoms with Crippen molar-refractivity contribution in [1.29, 1.82) is 0 Å². The number of alkyl halides is 3. The Morgan fingerprint density at radius 2 is 1.95 bits per heavy atom. The van der Waals surface area contributed by atoms with Crippen LogP contribution >= 0.6 is 0 Å². The van der Waals surface area contributed by atoms with E-state index in [2.05, 4.69) is 20.4 Å². The van der Waals surface area contributed by atoms with Crippen molar-refractivity contribution in [3.05, 3.63) is 53.3 Å². The molecule has 1 spiro atoms. The molecule has 3 atom stereocenters. The van der Waals surface area contributed by atoms with Crippen LogP contribution in [0.4, 0.5) is 24.9 Å². The van der Waals surface area contributed by atoms with E-state index < -0.39 is 24.3 Å². The van der Waals surface area contributed by atoms with Gasteiger partial charge >= 0.3 is 12.1 Å². The molecule has 44 heavy (non-hydrogen) atoms. The minimum atomic E-state index is -4.77. The van der Waals surface area contributed by atoms with Crippen molar-refractivity contribution in [2.75, 3.05) is 23.7 Å². The van der Waals surface area contributed by atoms with Crippen LogP contribution in [0.5, 0.6) is 5.88 Å². The van der Waals surface area contributed by atoms with E-state index in [4.69, 9.17) is 10.5 Å². The topological polar surface area (TPSA) is 131 Å². The molecule has 13 heteroatoms. The van der Waals surface area contributed by atoms with Gasteiger partial charge in [-0.1, -0.05) is 26.3 Å². The Hall–Kier alpha value is -3.87. The van der Waals surface area contributed by atoms with Crippen LogP contribution in [0.15, 0.2) is 36.5 Å². The predicted octanol–water partition coefficient (Wildman–Crippen LogP) is 5.39. The highest BCUT2D eigenvalue weighted by molar-refractivity contribution is 5.74. The Morgan fingerprint density at radius 3 is 2.57 bits per heavy atom. The number of carboxylic acid groups (broad SMARTS) is 1. The second-order valence-corrected chi connectivity index (χ2v) is 11.9. The maximum Gasteiger partial charge on any atom is 0.429 e. The number of aliphatic carboxylic acids is 1. The number of hydrogen-bond donors (Lipinski definition) is 3. The molecule has 5 rings (SSSR count). The van der Waals surface area contributed by atoms with Crippen LogP contribution in [0.2, 0.25) is 0 Å². The van der Waals surface area contributed by atoms with E-state index >= 15 is 0 Å². The lowest BCUT2D eigenvalue weighted by Crippen LogP contribution is -2.46. The van der Waals surface area contributed by atoms with Gasteiger partial charge in [0, 0.05) is 37.0 Å². The lowest BCUT2D eigenvalue weighted by molar-refractivity contribution is -0.198. The van der Waals surface area contributed by atoms with Gasteiger partial charge in [0.2, 0.25) is 17.9 Å². The van der Waals surface area contributed by atoms with Crippen LogP contribution in [-0.2, 0) is 11.2 Å². The summed E-state index contributed by atoms with van der Waals surface area (Å²) in [6.07, 6.45) is -0.333. The molecule has 0 amide bonds. The lowest BCUT2D eigenvalue weighted by atomic mass is 9.71. The summed E-state index contributed by atoms with van der Waals surface area (Å²) >= 11 is 0. The van der Waals surface area contributed by atoms with Gasteiger partial charge in [-0.2, -0.15) is 28.2 Å². The Labute approximate surface area is 254 Å². The van der Waals surface area contributed by atoms with Crippen LogP contribution in [0.1, 0.15) is 75.3 Å². The molecule has 2 aromatic heterocycles. The fourth-order valence-electron chi connectivity index (χ4n) is 6.66. The largest absolute Gasteiger partial charge is 0.480 e. The number of piperidine rings is 1. The zero-order chi connectivity index (χ0) is 31.6. The molecule has 0 radical (unpaired) electrons. The van der Waals surface area contributed by atoms with Gasteiger partial charge in [-0.25, -0.2) is 4.68 Å². The minimum Gasteiger partial charge on any atom is -0.480 e. The van der Waals surface area contributed by atoms with Crippen LogP contribution in [0.3, 0.4) is 0 Å². The number of halogens is 3. The number of nitrogens with two attached hydrogens (primary N) is 1. The molecule has 0 saturated carbocycles. The summed E-state index contributed by atoms with van der Waals surface area (Å²) in [7, 11) is 0. The molecule has 4 heterocycles. The van der Waals surface area contributed by atoms with Gasteiger partial charge in [0.15, 0.2) is 0 Å². The molecule has 2 unspecified atom stereocenters. The first kappa shape index (κ1) is 31.6. The SMILES string of the molecule is CCCCc1ccc(-n2ccc(C)n2)c([C@@H](Oc2cc(N3CCC4(CC3)CC(C(=O)O)NC4CC)nc(N)n2)C(F)(F)F)c1. The molecule has 2 saturated heterocycles. The molecule has 10 nitrogen and oxygen atoms in total. The second-order valence-electron chi connectivity index (χ2n) is 11.9. The standard InChI is InChI=1S/C31H40F3N7O3/c1-4-6-7-20-8-9-23(41-13-10-19(3)39-41)21(16-20)27(31(32,33)34)44-26-17-25(37-29(35)38-26)40-14-11-30(12-15-40)18-22(28(42)43)36-24(30)5-2/h8-10,13,16-17,22,24,27,36H,4-7,11-12,14-15,18H2,1-3H3,(H,42,43)(H2,35,37,38)/t22?,24?,27-/m1/s1. The molecule has 0 bridgehead atoms. The summed E-state index contributed by atoms with van der Waals surface area (Å²) in [5.74, 6) is -0.958. The molecular weight excluding hydrogens is 575 g/mol. The van der Waals surface area contributed by atoms with Crippen molar-refractivity contribution in [2.45, 2.75) is 90.1 Å². The first-order valence-electron chi connectivity index (χ1n) is 15.2. The number of rotatable bonds is 10. The molecule has 238 valence electrons. The van der Waals surface area contributed by atoms with E-state index in [-0.39, 0.29) is 34.5 Å². The van der Waals surface area contributed by atoms with Crippen LogP contribution in [-0.4, -0.2) is 62.2 Å². The fourth-order valence-corrected chi connectivity index (χ4v) is 6.66. The quantitative estimate of drug-likeness (QED) is 0.275. The third-order valence-electron chi connectivity index (χ3n) is 8.95. The monoisotopic (exact) mass is 615 g/mol. The number of nitrogen functional groups attached to an aromatic ring is 1. The highest BCUT2D eigenvalue weighted by Crippen LogP contribution is 2.46. The number of anilines is 2. The zero-order valence-corrected chi connectivity index (χ0v) is 25.3. The van der Waals surface area contributed by atoms with Crippen molar-refractivity contribution in [2.24, 2.45) is 5.41 Å². The third-order valence-corrected chi connectivity index (χ3v) is 8.95. The summed E-state index contributed by atoms with van der Waals surface area (Å²) in [5, 5.41) is 17.2. The Kier molecular flexibility index (Phi) is 9.05. The van der Waals surface area contributed by atoms with Crippen molar-refractivity contribution in [1.82, 2.24) is 25.1 Å². The minimum absolute atomic E-state index is 0.0693. The first-order valence-corrected chi connectivity index (χ1v) is 15.2. The summed E-state index contributed by atoms with van der Waals surface area (Å²) in [6, 6.07) is 7.63. The highest BCUT2D eigenvalue weighted by atomic mass is 19.4. The van der Waals surface area contributed by atoms with E-state index in [0.717, 1.165) is 24.8 Å². The maximum atomic E-state index is 14.8. The predicted molar refractivity (Wildman–Crippen MR) is 160 cm³/mol. The Morgan fingerprint density at radius 1 is 1.20 bits per heavy atom. The molecule has 3 aromatic rings. The number of benzene rings is 1. The van der Waals surface area contributed by atoms with Crippen molar-refractivity contribution >= 4 is 17.7 Å². The van der Waals surface area contributed by atoms with E-state index in [1.54, 1.807) is 31.3 Å². The number of carboxylic acids is 1. The van der Waals surface area contributed by atoms with Gasteiger partial charge in [0.05, 0.1) is 11.4 Å². The maximum absolute atomic E-state index is 14.8. The lowest BCUT2D eigenvalue weighted by Gasteiger charge is -2.43. The number of unbranched alkanes of at least 4 members (excludes halogenated alkanes) is 1. The van der Waals surface area contributed by atoms with Gasteiger partial charge in [-0.3, -0.25) is 4.79 Å². The zero-order valence-electron chi connectivity index (χ0n) is 25.3. The van der Waals surface area contributed by atoms with Gasteiger partial charge in [-0.15, -0.1) is 0 Å².